The van der Waals surface area contributed by atoms with Crippen molar-refractivity contribution in [2.45, 2.75) is 51.1 Å². The summed E-state index contributed by atoms with van der Waals surface area (Å²) >= 11 is 5.36. The number of rotatable bonds is 3. The minimum Gasteiger partial charge on any atom is -0.437 e. The Morgan fingerprint density at radius 1 is 1.12 bits per heavy atom. The summed E-state index contributed by atoms with van der Waals surface area (Å²) < 4.78 is 84.5. The Morgan fingerprint density at radius 2 is 1.75 bits per heavy atom. The Bertz CT molecular complexity index is 1000. The van der Waals surface area contributed by atoms with Crippen LogP contribution in [0.25, 0.3) is 0 Å². The number of anilines is 1. The van der Waals surface area contributed by atoms with Crippen molar-refractivity contribution in [1.29, 1.82) is 0 Å². The van der Waals surface area contributed by atoms with E-state index in [1.54, 1.807) is 4.90 Å². The van der Waals surface area contributed by atoms with Crippen LogP contribution in [0.15, 0.2) is 24.4 Å². The monoisotopic (exact) mass is 482 g/mol. The Morgan fingerprint density at radius 3 is 2.31 bits per heavy atom. The summed E-state index contributed by atoms with van der Waals surface area (Å²) in [6.07, 6.45) is -7.69. The van der Waals surface area contributed by atoms with E-state index in [9.17, 15) is 31.1 Å². The van der Waals surface area contributed by atoms with Crippen LogP contribution in [0.3, 0.4) is 0 Å². The van der Waals surface area contributed by atoms with Crippen molar-refractivity contribution in [3.8, 4) is 11.6 Å². The number of aromatic nitrogens is 2. The van der Waals surface area contributed by atoms with Crippen LogP contribution in [-0.2, 0) is 12.4 Å². The number of ether oxygens (including phenoxy) is 1. The number of hydrogen-bond donors (Lipinski definition) is 1. The van der Waals surface area contributed by atoms with E-state index in [4.69, 9.17) is 16.3 Å². The number of amides is 2. The summed E-state index contributed by atoms with van der Waals surface area (Å²) in [4.78, 5) is 20.4. The maximum Gasteiger partial charge on any atom is 0.436 e. The molecule has 6 nitrogen and oxygen atoms in total. The van der Waals surface area contributed by atoms with Crippen LogP contribution in [-0.4, -0.2) is 33.0 Å². The van der Waals surface area contributed by atoms with Crippen molar-refractivity contribution in [2.24, 2.45) is 0 Å². The van der Waals surface area contributed by atoms with Gasteiger partial charge < -0.3 is 15.0 Å². The molecule has 1 aromatic heterocycles. The molecule has 174 valence electrons. The van der Waals surface area contributed by atoms with Gasteiger partial charge in [0.1, 0.15) is 11.3 Å². The van der Waals surface area contributed by atoms with E-state index in [0.717, 1.165) is 25.0 Å². The fraction of sp³-hybridized carbons (Fsp3) is 0.421. The number of nitrogens with zero attached hydrogens (tertiary/aromatic N) is 3. The molecule has 0 bridgehead atoms. The summed E-state index contributed by atoms with van der Waals surface area (Å²) in [6.45, 7) is 3.67. The number of carbonyl (C=O) groups excluding carboxylic acids is 1. The third kappa shape index (κ3) is 5.17. The zero-order valence-corrected chi connectivity index (χ0v) is 17.4. The minimum absolute atomic E-state index is 0.0685. The first-order valence-corrected chi connectivity index (χ1v) is 9.73. The molecule has 2 heterocycles. The minimum atomic E-state index is -4.98. The molecule has 1 saturated heterocycles. The van der Waals surface area contributed by atoms with E-state index >= 15 is 0 Å². The summed E-state index contributed by atoms with van der Waals surface area (Å²) in [5.74, 6) is -1.65. The maximum atomic E-state index is 13.6. The predicted octanol–water partition coefficient (Wildman–Crippen LogP) is 6.36. The fourth-order valence-electron chi connectivity index (χ4n) is 3.40. The van der Waals surface area contributed by atoms with Crippen LogP contribution in [0, 0.1) is 0 Å². The predicted molar refractivity (Wildman–Crippen MR) is 103 cm³/mol. The molecule has 0 saturated carbocycles. The molecule has 1 fully saturated rings. The SMILES string of the molecule is CC1CCC(C)N1C(=O)Nc1ccc(Oc2cnc(Cl)c(C(F)(F)F)n2)c(C(F)(F)F)c1. The van der Waals surface area contributed by atoms with Gasteiger partial charge in [0.2, 0.25) is 5.88 Å². The number of halogens is 7. The molecule has 1 N–H and O–H groups in total. The number of benzene rings is 1. The molecule has 0 radical (unpaired) electrons. The van der Waals surface area contributed by atoms with Crippen molar-refractivity contribution in [2.75, 3.05) is 5.32 Å². The lowest BCUT2D eigenvalue weighted by molar-refractivity contribution is -0.142. The highest BCUT2D eigenvalue weighted by Crippen LogP contribution is 2.40. The van der Waals surface area contributed by atoms with Gasteiger partial charge in [0.15, 0.2) is 10.8 Å². The third-order valence-corrected chi connectivity index (χ3v) is 5.19. The second kappa shape index (κ2) is 8.64. The number of likely N-dealkylation sites (tertiary alicyclic amines) is 1. The number of hydrogen-bond acceptors (Lipinski definition) is 4. The normalized spacial score (nSPS) is 19.2. The molecule has 2 atom stereocenters. The zero-order chi connectivity index (χ0) is 23.8. The van der Waals surface area contributed by atoms with Gasteiger partial charge >= 0.3 is 18.4 Å². The van der Waals surface area contributed by atoms with Crippen LogP contribution in [0.5, 0.6) is 11.6 Å². The molecule has 1 aliphatic rings. The van der Waals surface area contributed by atoms with Crippen molar-refractivity contribution in [3.63, 3.8) is 0 Å². The lowest BCUT2D eigenvalue weighted by Crippen LogP contribution is -2.41. The van der Waals surface area contributed by atoms with Gasteiger partial charge in [-0.25, -0.2) is 14.8 Å². The molecule has 1 aliphatic heterocycles. The first-order valence-electron chi connectivity index (χ1n) is 9.35. The van der Waals surface area contributed by atoms with Crippen LogP contribution in [0.2, 0.25) is 5.15 Å². The molecule has 1 aromatic carbocycles. The Hall–Kier alpha value is -2.76. The van der Waals surface area contributed by atoms with Gasteiger partial charge in [-0.05, 0) is 44.9 Å². The Kier molecular flexibility index (Phi) is 6.45. The van der Waals surface area contributed by atoms with Crippen LogP contribution < -0.4 is 10.1 Å². The van der Waals surface area contributed by atoms with Gasteiger partial charge in [-0.2, -0.15) is 26.3 Å². The lowest BCUT2D eigenvalue weighted by Gasteiger charge is -2.26. The fourth-order valence-corrected chi connectivity index (χ4v) is 3.60. The number of alkyl halides is 6. The van der Waals surface area contributed by atoms with Crippen molar-refractivity contribution in [3.05, 3.63) is 40.8 Å². The summed E-state index contributed by atoms with van der Waals surface area (Å²) in [5.41, 5.74) is -3.06. The van der Waals surface area contributed by atoms with Crippen LogP contribution in [0.1, 0.15) is 37.9 Å². The first kappa shape index (κ1) is 23.9. The van der Waals surface area contributed by atoms with Crippen molar-refractivity contribution in [1.82, 2.24) is 14.9 Å². The quantitative estimate of drug-likeness (QED) is 0.517. The lowest BCUT2D eigenvalue weighted by atomic mass is 10.1. The molecule has 2 aromatic rings. The summed E-state index contributed by atoms with van der Waals surface area (Å²) in [7, 11) is 0. The molecule has 2 amide bonds. The second-order valence-corrected chi connectivity index (χ2v) is 7.63. The van der Waals surface area contributed by atoms with E-state index in [2.05, 4.69) is 15.3 Å². The highest BCUT2D eigenvalue weighted by atomic mass is 35.5. The van der Waals surface area contributed by atoms with Crippen molar-refractivity contribution >= 4 is 23.3 Å². The number of nitrogens with one attached hydrogen (secondary N) is 1. The molecule has 0 spiro atoms. The van der Waals surface area contributed by atoms with Gasteiger partial charge in [-0.3, -0.25) is 0 Å². The van der Waals surface area contributed by atoms with Crippen LogP contribution in [0.4, 0.5) is 36.8 Å². The van der Waals surface area contributed by atoms with E-state index in [1.807, 2.05) is 13.8 Å². The van der Waals surface area contributed by atoms with Gasteiger partial charge in [0.25, 0.3) is 0 Å². The molecule has 13 heteroatoms. The first-order chi connectivity index (χ1) is 14.8. The number of carbonyl (C=O) groups is 1. The van der Waals surface area contributed by atoms with Gasteiger partial charge in [0.05, 0.1) is 6.20 Å². The second-order valence-electron chi connectivity index (χ2n) is 7.27. The average molecular weight is 483 g/mol. The van der Waals surface area contributed by atoms with E-state index in [0.29, 0.717) is 12.3 Å². The Balaban J connectivity index is 1.89. The number of urea groups is 1. The molecular weight excluding hydrogens is 466 g/mol. The third-order valence-electron chi connectivity index (χ3n) is 4.91. The summed E-state index contributed by atoms with van der Waals surface area (Å²) in [6, 6.07) is 1.96. The molecule has 3 rings (SSSR count). The van der Waals surface area contributed by atoms with E-state index in [1.165, 1.54) is 0 Å². The molecule has 2 unspecified atom stereocenters. The Labute approximate surface area is 183 Å². The van der Waals surface area contributed by atoms with Gasteiger partial charge in [-0.1, -0.05) is 11.6 Å². The average Bonchev–Trinajstić information content (AvgIpc) is 3.01. The smallest absolute Gasteiger partial charge is 0.436 e. The van der Waals surface area contributed by atoms with Gasteiger partial charge in [-0.15, -0.1) is 0 Å². The zero-order valence-electron chi connectivity index (χ0n) is 16.7. The standard InChI is InChI=1S/C19H17ClF6N4O2/c1-9-3-4-10(2)30(9)17(31)28-11-5-6-13(12(7-11)18(21,22)23)32-14-8-27-16(20)15(29-14)19(24,25)26/h5-10H,3-4H2,1-2H3,(H,28,31). The molecule has 32 heavy (non-hydrogen) atoms. The van der Waals surface area contributed by atoms with Gasteiger partial charge in [0, 0.05) is 17.8 Å². The molecule has 0 aliphatic carbocycles. The topological polar surface area (TPSA) is 67.4 Å². The van der Waals surface area contributed by atoms with Crippen LogP contribution >= 0.6 is 11.6 Å². The highest BCUT2D eigenvalue weighted by molar-refractivity contribution is 6.30. The largest absolute Gasteiger partial charge is 0.437 e. The maximum absolute atomic E-state index is 13.6. The molecular formula is C19H17ClF6N4O2. The van der Waals surface area contributed by atoms with Crippen molar-refractivity contribution < 1.29 is 35.9 Å². The highest BCUT2D eigenvalue weighted by Gasteiger charge is 2.38. The summed E-state index contributed by atoms with van der Waals surface area (Å²) in [5, 5.41) is 1.45. The van der Waals surface area contributed by atoms with E-state index < -0.39 is 46.4 Å². The van der Waals surface area contributed by atoms with E-state index in [-0.39, 0.29) is 17.8 Å².